The van der Waals surface area contributed by atoms with Crippen molar-refractivity contribution in [1.82, 2.24) is 0 Å². The third kappa shape index (κ3) is 1.64. The molecule has 0 saturated heterocycles. The number of hydrogen-bond donors (Lipinski definition) is 1. The van der Waals surface area contributed by atoms with Crippen molar-refractivity contribution in [2.24, 2.45) is 0 Å². The van der Waals surface area contributed by atoms with Crippen molar-refractivity contribution in [2.45, 2.75) is 6.92 Å². The van der Waals surface area contributed by atoms with Crippen molar-refractivity contribution < 1.29 is 9.18 Å². The van der Waals surface area contributed by atoms with E-state index in [2.05, 4.69) is 15.9 Å². The summed E-state index contributed by atoms with van der Waals surface area (Å²) in [6.45, 7) is 1.38. The van der Waals surface area contributed by atoms with Gasteiger partial charge in [0.05, 0.1) is 4.47 Å². The van der Waals surface area contributed by atoms with Crippen molar-refractivity contribution in [2.75, 3.05) is 5.73 Å². The molecule has 0 spiro atoms. The molecule has 0 aliphatic heterocycles. The van der Waals surface area contributed by atoms with Crippen LogP contribution in [0.25, 0.3) is 0 Å². The molecule has 0 saturated carbocycles. The highest BCUT2D eigenvalue weighted by Gasteiger charge is 2.08. The van der Waals surface area contributed by atoms with Crippen molar-refractivity contribution in [3.63, 3.8) is 0 Å². The number of Topliss-reactive ketones (excluding diaryl/α,β-unsaturated/α-hetero) is 1. The normalized spacial score (nSPS) is 9.92. The van der Waals surface area contributed by atoms with Gasteiger partial charge in [0.15, 0.2) is 5.78 Å². The third-order valence-corrected chi connectivity index (χ3v) is 2.08. The summed E-state index contributed by atoms with van der Waals surface area (Å²) in [6, 6.07) is 2.51. The molecule has 64 valence electrons. The van der Waals surface area contributed by atoms with Crippen LogP contribution in [0.15, 0.2) is 16.6 Å². The van der Waals surface area contributed by atoms with E-state index >= 15 is 0 Å². The highest BCUT2D eigenvalue weighted by atomic mass is 79.9. The molecule has 12 heavy (non-hydrogen) atoms. The number of benzene rings is 1. The lowest BCUT2D eigenvalue weighted by Crippen LogP contribution is -2.00. The van der Waals surface area contributed by atoms with E-state index in [4.69, 9.17) is 5.73 Å². The van der Waals surface area contributed by atoms with E-state index in [0.717, 1.165) is 6.07 Å². The van der Waals surface area contributed by atoms with Gasteiger partial charge in [0.25, 0.3) is 0 Å². The maximum Gasteiger partial charge on any atom is 0.161 e. The van der Waals surface area contributed by atoms with Crippen molar-refractivity contribution in [1.29, 1.82) is 0 Å². The van der Waals surface area contributed by atoms with Gasteiger partial charge < -0.3 is 5.73 Å². The molecule has 0 aliphatic carbocycles. The zero-order chi connectivity index (χ0) is 9.30. The van der Waals surface area contributed by atoms with Gasteiger partial charge in [0.2, 0.25) is 0 Å². The lowest BCUT2D eigenvalue weighted by atomic mass is 10.1. The molecule has 4 heteroatoms. The van der Waals surface area contributed by atoms with Crippen LogP contribution in [-0.2, 0) is 0 Å². The highest BCUT2D eigenvalue weighted by molar-refractivity contribution is 9.10. The van der Waals surface area contributed by atoms with Gasteiger partial charge in [-0.25, -0.2) is 4.39 Å². The van der Waals surface area contributed by atoms with Crippen molar-refractivity contribution in [3.8, 4) is 0 Å². The van der Waals surface area contributed by atoms with E-state index in [1.54, 1.807) is 0 Å². The summed E-state index contributed by atoms with van der Waals surface area (Å²) in [6.07, 6.45) is 0. The molecule has 1 aromatic rings. The average molecular weight is 232 g/mol. The molecule has 1 rings (SSSR count). The summed E-state index contributed by atoms with van der Waals surface area (Å²) < 4.78 is 13.0. The summed E-state index contributed by atoms with van der Waals surface area (Å²) >= 11 is 2.97. The molecule has 0 bridgehead atoms. The van der Waals surface area contributed by atoms with Gasteiger partial charge in [-0.15, -0.1) is 0 Å². The molecule has 0 amide bonds. The molecule has 0 unspecified atom stereocenters. The van der Waals surface area contributed by atoms with Crippen LogP contribution in [0.1, 0.15) is 17.3 Å². The van der Waals surface area contributed by atoms with Crippen LogP contribution in [0.2, 0.25) is 0 Å². The Bertz CT molecular complexity index is 338. The fourth-order valence-corrected chi connectivity index (χ4v) is 1.21. The Morgan fingerprint density at radius 1 is 1.58 bits per heavy atom. The van der Waals surface area contributed by atoms with Crippen LogP contribution in [0.4, 0.5) is 10.1 Å². The predicted octanol–water partition coefficient (Wildman–Crippen LogP) is 2.37. The minimum Gasteiger partial charge on any atom is -0.398 e. The van der Waals surface area contributed by atoms with E-state index in [1.807, 2.05) is 0 Å². The zero-order valence-corrected chi connectivity index (χ0v) is 7.98. The molecule has 2 N–H and O–H groups in total. The minimum absolute atomic E-state index is 0.170. The summed E-state index contributed by atoms with van der Waals surface area (Å²) in [7, 11) is 0. The fourth-order valence-electron chi connectivity index (χ4n) is 0.867. The second-order valence-corrected chi connectivity index (χ2v) is 3.26. The molecule has 1 aromatic carbocycles. The summed E-state index contributed by atoms with van der Waals surface area (Å²) in [5.74, 6) is -0.634. The van der Waals surface area contributed by atoms with Crippen LogP contribution < -0.4 is 5.73 Å². The Balaban J connectivity index is 3.33. The smallest absolute Gasteiger partial charge is 0.161 e. The van der Waals surface area contributed by atoms with Crippen LogP contribution >= 0.6 is 15.9 Å². The number of rotatable bonds is 1. The Labute approximate surface area is 77.7 Å². The van der Waals surface area contributed by atoms with Crippen LogP contribution in [0.5, 0.6) is 0 Å². The van der Waals surface area contributed by atoms with Crippen LogP contribution in [0, 0.1) is 5.82 Å². The number of halogens is 2. The van der Waals surface area contributed by atoms with Gasteiger partial charge in [-0.2, -0.15) is 0 Å². The van der Waals surface area contributed by atoms with Gasteiger partial charge in [-0.3, -0.25) is 4.79 Å². The first-order valence-corrected chi connectivity index (χ1v) is 4.07. The number of nitrogens with two attached hydrogens (primary N) is 1. The van der Waals surface area contributed by atoms with E-state index < -0.39 is 5.82 Å². The van der Waals surface area contributed by atoms with Crippen LogP contribution in [-0.4, -0.2) is 5.78 Å². The van der Waals surface area contributed by atoms with E-state index in [9.17, 15) is 9.18 Å². The fraction of sp³-hybridized carbons (Fsp3) is 0.125. The van der Waals surface area contributed by atoms with Gasteiger partial charge in [-0.05, 0) is 35.0 Å². The second-order valence-electron chi connectivity index (χ2n) is 2.41. The quantitative estimate of drug-likeness (QED) is 0.596. The first-order chi connectivity index (χ1) is 5.52. The van der Waals surface area contributed by atoms with Crippen molar-refractivity contribution in [3.05, 3.63) is 28.0 Å². The molecule has 0 heterocycles. The molecule has 0 aromatic heterocycles. The lowest BCUT2D eigenvalue weighted by Gasteiger charge is -2.02. The first kappa shape index (κ1) is 9.19. The molecular formula is C8H7BrFNO. The van der Waals surface area contributed by atoms with Crippen LogP contribution in [0.3, 0.4) is 0 Å². The highest BCUT2D eigenvalue weighted by Crippen LogP contribution is 2.22. The third-order valence-electron chi connectivity index (χ3n) is 1.47. The standard InChI is InChI=1S/C8H7BrFNO/c1-4(12)5-2-6(9)7(10)3-8(5)11/h2-3H,11H2,1H3. The number of anilines is 1. The van der Waals surface area contributed by atoms with Gasteiger partial charge in [-0.1, -0.05) is 0 Å². The lowest BCUT2D eigenvalue weighted by molar-refractivity contribution is 0.101. The molecule has 0 fully saturated rings. The minimum atomic E-state index is -0.461. The van der Waals surface area contributed by atoms with E-state index in [0.29, 0.717) is 5.56 Å². The molecule has 0 aliphatic rings. The average Bonchev–Trinajstić information content (AvgIpc) is 1.96. The Kier molecular flexibility index (Phi) is 2.47. The molecule has 2 nitrogen and oxygen atoms in total. The number of carbonyl (C=O) groups is 1. The van der Waals surface area contributed by atoms with Gasteiger partial charge in [0, 0.05) is 11.3 Å². The Hall–Kier alpha value is -0.900. The maximum atomic E-state index is 12.8. The number of carbonyl (C=O) groups excluding carboxylic acids is 1. The zero-order valence-electron chi connectivity index (χ0n) is 6.40. The largest absolute Gasteiger partial charge is 0.398 e. The predicted molar refractivity (Wildman–Crippen MR) is 48.5 cm³/mol. The second kappa shape index (κ2) is 3.23. The number of hydrogen-bond acceptors (Lipinski definition) is 2. The SMILES string of the molecule is CC(=O)c1cc(Br)c(F)cc1N. The molecule has 0 radical (unpaired) electrons. The first-order valence-electron chi connectivity index (χ1n) is 3.28. The van der Waals surface area contributed by atoms with E-state index in [1.165, 1.54) is 13.0 Å². The topological polar surface area (TPSA) is 43.1 Å². The Morgan fingerprint density at radius 3 is 2.67 bits per heavy atom. The summed E-state index contributed by atoms with van der Waals surface area (Å²) in [5, 5.41) is 0. The van der Waals surface area contributed by atoms with E-state index in [-0.39, 0.29) is 15.9 Å². The van der Waals surface area contributed by atoms with Crippen molar-refractivity contribution >= 4 is 27.4 Å². The summed E-state index contributed by atoms with van der Waals surface area (Å²) in [4.78, 5) is 10.9. The number of ketones is 1. The molecule has 0 atom stereocenters. The maximum absolute atomic E-state index is 12.8. The van der Waals surface area contributed by atoms with Gasteiger partial charge >= 0.3 is 0 Å². The monoisotopic (exact) mass is 231 g/mol. The summed E-state index contributed by atoms with van der Waals surface area (Å²) in [5.41, 5.74) is 5.92. The van der Waals surface area contributed by atoms with Gasteiger partial charge in [0.1, 0.15) is 5.82 Å². The number of nitrogen functional groups attached to an aromatic ring is 1. The Morgan fingerprint density at radius 2 is 2.17 bits per heavy atom. The molecular weight excluding hydrogens is 225 g/mol.